The smallest absolute Gasteiger partial charge is 0.129 e. The van der Waals surface area contributed by atoms with Gasteiger partial charge in [-0.2, -0.15) is 0 Å². The maximum Gasteiger partial charge on any atom is 0.129 e. The monoisotopic (exact) mass is 274 g/mol. The standard InChI is InChI=1S/C16H19ClN2/c1-11-9-12-5-2-3-7-14(12)18-16(11)19-15-8-4-6-13(15)10-17/h2-3,5,7,9,13,15H,4,6,8,10H2,1H3,(H,18,19). The Morgan fingerprint density at radius 3 is 3.00 bits per heavy atom. The van der Waals surface area contributed by atoms with Crippen LogP contribution in [0, 0.1) is 12.8 Å². The van der Waals surface area contributed by atoms with Crippen LogP contribution in [-0.2, 0) is 0 Å². The highest BCUT2D eigenvalue weighted by molar-refractivity contribution is 6.18. The molecule has 1 aliphatic rings. The first-order chi connectivity index (χ1) is 9.28. The van der Waals surface area contributed by atoms with Crippen molar-refractivity contribution in [2.75, 3.05) is 11.2 Å². The van der Waals surface area contributed by atoms with Crippen molar-refractivity contribution in [3.63, 3.8) is 0 Å². The van der Waals surface area contributed by atoms with Gasteiger partial charge in [-0.3, -0.25) is 0 Å². The second-order valence-electron chi connectivity index (χ2n) is 5.44. The molecule has 1 heterocycles. The predicted octanol–water partition coefficient (Wildman–Crippen LogP) is 4.36. The van der Waals surface area contributed by atoms with Crippen molar-refractivity contribution in [3.05, 3.63) is 35.9 Å². The van der Waals surface area contributed by atoms with Gasteiger partial charge in [0, 0.05) is 17.3 Å². The number of nitrogens with one attached hydrogen (secondary N) is 1. The molecule has 0 radical (unpaired) electrons. The van der Waals surface area contributed by atoms with Crippen LogP contribution in [0.3, 0.4) is 0 Å². The fraction of sp³-hybridized carbons (Fsp3) is 0.438. The SMILES string of the molecule is Cc1cc2ccccc2nc1NC1CCCC1CCl. The van der Waals surface area contributed by atoms with E-state index in [1.807, 2.05) is 6.07 Å². The van der Waals surface area contributed by atoms with Crippen LogP contribution in [0.2, 0.25) is 0 Å². The molecule has 2 aromatic rings. The van der Waals surface area contributed by atoms with E-state index in [1.54, 1.807) is 0 Å². The van der Waals surface area contributed by atoms with E-state index in [2.05, 4.69) is 36.5 Å². The van der Waals surface area contributed by atoms with Crippen LogP contribution in [0.1, 0.15) is 24.8 Å². The van der Waals surface area contributed by atoms with Gasteiger partial charge in [-0.05, 0) is 43.4 Å². The predicted molar refractivity (Wildman–Crippen MR) is 82.0 cm³/mol. The van der Waals surface area contributed by atoms with E-state index in [0.717, 1.165) is 17.2 Å². The fourth-order valence-electron chi connectivity index (χ4n) is 2.95. The van der Waals surface area contributed by atoms with E-state index in [0.29, 0.717) is 12.0 Å². The van der Waals surface area contributed by atoms with Crippen molar-refractivity contribution in [1.82, 2.24) is 4.98 Å². The number of aryl methyl sites for hydroxylation is 1. The highest BCUT2D eigenvalue weighted by Gasteiger charge is 2.26. The van der Waals surface area contributed by atoms with E-state index in [9.17, 15) is 0 Å². The molecule has 100 valence electrons. The molecule has 0 bridgehead atoms. The quantitative estimate of drug-likeness (QED) is 0.841. The Kier molecular flexibility index (Phi) is 3.61. The van der Waals surface area contributed by atoms with Gasteiger partial charge >= 0.3 is 0 Å². The second kappa shape index (κ2) is 5.38. The average Bonchev–Trinajstić information content (AvgIpc) is 2.87. The normalized spacial score (nSPS) is 22.8. The number of aromatic nitrogens is 1. The molecule has 0 aliphatic heterocycles. The van der Waals surface area contributed by atoms with Gasteiger partial charge in [0.1, 0.15) is 5.82 Å². The zero-order valence-corrected chi connectivity index (χ0v) is 12.0. The third kappa shape index (κ3) is 2.55. The molecule has 0 amide bonds. The van der Waals surface area contributed by atoms with E-state index >= 15 is 0 Å². The number of para-hydroxylation sites is 1. The van der Waals surface area contributed by atoms with Crippen LogP contribution >= 0.6 is 11.6 Å². The van der Waals surface area contributed by atoms with E-state index in [-0.39, 0.29) is 0 Å². The van der Waals surface area contributed by atoms with Crippen LogP contribution in [0.15, 0.2) is 30.3 Å². The number of fused-ring (bicyclic) bond motifs is 1. The highest BCUT2D eigenvalue weighted by Crippen LogP contribution is 2.30. The van der Waals surface area contributed by atoms with Crippen LogP contribution in [0.5, 0.6) is 0 Å². The molecule has 0 saturated heterocycles. The molecule has 1 aromatic carbocycles. The lowest BCUT2D eigenvalue weighted by atomic mass is 10.1. The number of rotatable bonds is 3. The summed E-state index contributed by atoms with van der Waals surface area (Å²) >= 11 is 6.04. The average molecular weight is 275 g/mol. The number of benzene rings is 1. The van der Waals surface area contributed by atoms with Crippen LogP contribution in [0.25, 0.3) is 10.9 Å². The third-order valence-electron chi connectivity index (χ3n) is 4.09. The summed E-state index contributed by atoms with van der Waals surface area (Å²) in [5, 5.41) is 4.81. The Bertz CT molecular complexity index is 582. The molecule has 2 nitrogen and oxygen atoms in total. The van der Waals surface area contributed by atoms with Crippen molar-refractivity contribution in [1.29, 1.82) is 0 Å². The number of halogens is 1. The summed E-state index contributed by atoms with van der Waals surface area (Å²) < 4.78 is 0. The molecule has 2 unspecified atom stereocenters. The number of hydrogen-bond donors (Lipinski definition) is 1. The summed E-state index contributed by atoms with van der Waals surface area (Å²) in [6.45, 7) is 2.12. The van der Waals surface area contributed by atoms with Gasteiger partial charge in [0.2, 0.25) is 0 Å². The summed E-state index contributed by atoms with van der Waals surface area (Å²) in [6.07, 6.45) is 3.70. The Morgan fingerprint density at radius 2 is 2.16 bits per heavy atom. The lowest BCUT2D eigenvalue weighted by Gasteiger charge is -2.21. The molecular weight excluding hydrogens is 256 g/mol. The first kappa shape index (κ1) is 12.7. The lowest BCUT2D eigenvalue weighted by Crippen LogP contribution is -2.25. The summed E-state index contributed by atoms with van der Waals surface area (Å²) in [5.41, 5.74) is 2.26. The van der Waals surface area contributed by atoms with Gasteiger partial charge < -0.3 is 5.32 Å². The second-order valence-corrected chi connectivity index (χ2v) is 5.75. The van der Waals surface area contributed by atoms with Crippen molar-refractivity contribution < 1.29 is 0 Å². The number of nitrogens with zero attached hydrogens (tertiary/aromatic N) is 1. The zero-order chi connectivity index (χ0) is 13.2. The molecular formula is C16H19ClN2. The molecule has 1 aromatic heterocycles. The van der Waals surface area contributed by atoms with E-state index in [1.165, 1.54) is 30.2 Å². The van der Waals surface area contributed by atoms with Crippen LogP contribution in [-0.4, -0.2) is 16.9 Å². The summed E-state index contributed by atoms with van der Waals surface area (Å²) in [5.74, 6) is 2.33. The molecule has 19 heavy (non-hydrogen) atoms. The van der Waals surface area contributed by atoms with E-state index < -0.39 is 0 Å². The lowest BCUT2D eigenvalue weighted by molar-refractivity contribution is 0.561. The van der Waals surface area contributed by atoms with Gasteiger partial charge in [-0.25, -0.2) is 4.98 Å². The van der Waals surface area contributed by atoms with Gasteiger partial charge in [0.25, 0.3) is 0 Å². The summed E-state index contributed by atoms with van der Waals surface area (Å²) in [4.78, 5) is 4.75. The Morgan fingerprint density at radius 1 is 1.32 bits per heavy atom. The zero-order valence-electron chi connectivity index (χ0n) is 11.2. The number of anilines is 1. The maximum atomic E-state index is 6.04. The minimum absolute atomic E-state index is 0.477. The van der Waals surface area contributed by atoms with E-state index in [4.69, 9.17) is 16.6 Å². The molecule has 1 fully saturated rings. The highest BCUT2D eigenvalue weighted by atomic mass is 35.5. The summed E-state index contributed by atoms with van der Waals surface area (Å²) in [6, 6.07) is 10.9. The Labute approximate surface area is 119 Å². The maximum absolute atomic E-state index is 6.04. The minimum Gasteiger partial charge on any atom is -0.367 e. The molecule has 1 N–H and O–H groups in total. The van der Waals surface area contributed by atoms with Gasteiger partial charge in [-0.15, -0.1) is 11.6 Å². The first-order valence-corrected chi connectivity index (χ1v) is 7.50. The van der Waals surface area contributed by atoms with Crippen LogP contribution < -0.4 is 5.32 Å². The van der Waals surface area contributed by atoms with Gasteiger partial charge in [0.15, 0.2) is 0 Å². The van der Waals surface area contributed by atoms with Crippen LogP contribution in [0.4, 0.5) is 5.82 Å². The Hall–Kier alpha value is -1.28. The Balaban J connectivity index is 1.90. The largest absolute Gasteiger partial charge is 0.367 e. The fourth-order valence-corrected chi connectivity index (χ4v) is 3.32. The third-order valence-corrected chi connectivity index (χ3v) is 4.49. The number of alkyl halides is 1. The molecule has 3 heteroatoms. The van der Waals surface area contributed by atoms with Crippen molar-refractivity contribution in [2.24, 2.45) is 5.92 Å². The molecule has 0 spiro atoms. The molecule has 1 saturated carbocycles. The molecule has 3 rings (SSSR count). The van der Waals surface area contributed by atoms with Gasteiger partial charge in [0.05, 0.1) is 5.52 Å². The van der Waals surface area contributed by atoms with Gasteiger partial charge in [-0.1, -0.05) is 24.6 Å². The summed E-state index contributed by atoms with van der Waals surface area (Å²) in [7, 11) is 0. The first-order valence-electron chi connectivity index (χ1n) is 6.97. The van der Waals surface area contributed by atoms with Crippen molar-refractivity contribution >= 4 is 28.3 Å². The molecule has 2 atom stereocenters. The topological polar surface area (TPSA) is 24.9 Å². The minimum atomic E-state index is 0.477. The van der Waals surface area contributed by atoms with Crippen molar-refractivity contribution in [2.45, 2.75) is 32.2 Å². The molecule has 1 aliphatic carbocycles. The van der Waals surface area contributed by atoms with Crippen molar-refractivity contribution in [3.8, 4) is 0 Å². The number of hydrogen-bond acceptors (Lipinski definition) is 2. The number of pyridine rings is 1.